The van der Waals surface area contributed by atoms with Crippen LogP contribution in [0.3, 0.4) is 0 Å². The second kappa shape index (κ2) is 4.56. The van der Waals surface area contributed by atoms with Crippen molar-refractivity contribution in [1.29, 1.82) is 0 Å². The summed E-state index contributed by atoms with van der Waals surface area (Å²) in [6.45, 7) is 2.31. The van der Waals surface area contributed by atoms with Crippen LogP contribution in [0.25, 0.3) is 0 Å². The van der Waals surface area contributed by atoms with E-state index in [1.54, 1.807) is 0 Å². The Morgan fingerprint density at radius 2 is 1.88 bits per heavy atom. The molecule has 0 radical (unpaired) electrons. The van der Waals surface area contributed by atoms with E-state index in [4.69, 9.17) is 0 Å². The molecule has 0 aromatic heterocycles. The predicted octanol–water partition coefficient (Wildman–Crippen LogP) is 3.97. The highest BCUT2D eigenvalue weighted by Crippen LogP contribution is 2.58. The molecule has 0 saturated heterocycles. The molecule has 3 heteroatoms. The molecule has 2 saturated carbocycles. The summed E-state index contributed by atoms with van der Waals surface area (Å²) in [5.74, 6) is 1.15. The fraction of sp³-hybridized carbons (Fsp3) is 0.923. The molecule has 0 heterocycles. The van der Waals surface area contributed by atoms with Gasteiger partial charge in [0.25, 0.3) is 0 Å². The Kier molecular flexibility index (Phi) is 3.66. The zero-order valence-electron chi connectivity index (χ0n) is 10.5. The van der Waals surface area contributed by atoms with E-state index in [-0.39, 0.29) is 5.41 Å². The molecule has 0 aromatic carbocycles. The van der Waals surface area contributed by atoms with Gasteiger partial charge >= 0.3 is 0 Å². The van der Waals surface area contributed by atoms with Gasteiger partial charge in [-0.15, -0.1) is 23.5 Å². The van der Waals surface area contributed by atoms with Crippen molar-refractivity contribution in [1.82, 2.24) is 0 Å². The lowest BCUT2D eigenvalue weighted by Crippen LogP contribution is -2.43. The molecular formula is C13H22OS2. The first-order chi connectivity index (χ1) is 7.58. The van der Waals surface area contributed by atoms with Crippen LogP contribution in [-0.4, -0.2) is 22.4 Å². The molecule has 2 atom stereocenters. The molecule has 0 amide bonds. The number of hydrogen-bond acceptors (Lipinski definition) is 3. The van der Waals surface area contributed by atoms with E-state index < -0.39 is 0 Å². The SMILES string of the molecule is CSC1(SC)CC[C@]2(CCCC2=O)C(C)C1. The first-order valence-electron chi connectivity index (χ1n) is 6.22. The van der Waals surface area contributed by atoms with Gasteiger partial charge in [-0.2, -0.15) is 0 Å². The summed E-state index contributed by atoms with van der Waals surface area (Å²) < 4.78 is 0.382. The van der Waals surface area contributed by atoms with E-state index in [0.717, 1.165) is 25.7 Å². The fourth-order valence-corrected chi connectivity index (χ4v) is 5.73. The van der Waals surface area contributed by atoms with Crippen molar-refractivity contribution in [3.63, 3.8) is 0 Å². The molecule has 0 aromatic rings. The molecule has 16 heavy (non-hydrogen) atoms. The minimum Gasteiger partial charge on any atom is -0.299 e. The van der Waals surface area contributed by atoms with Gasteiger partial charge in [0.1, 0.15) is 5.78 Å². The highest BCUT2D eigenvalue weighted by Gasteiger charge is 2.52. The van der Waals surface area contributed by atoms with Crippen LogP contribution in [0, 0.1) is 11.3 Å². The lowest BCUT2D eigenvalue weighted by Gasteiger charge is -2.47. The molecule has 92 valence electrons. The molecule has 2 aliphatic rings. The van der Waals surface area contributed by atoms with Gasteiger partial charge < -0.3 is 0 Å². The van der Waals surface area contributed by atoms with Crippen LogP contribution >= 0.6 is 23.5 Å². The van der Waals surface area contributed by atoms with Gasteiger partial charge in [-0.05, 0) is 50.5 Å². The summed E-state index contributed by atoms with van der Waals surface area (Å²) in [5.41, 5.74) is 0.0783. The summed E-state index contributed by atoms with van der Waals surface area (Å²) in [5, 5.41) is 0. The van der Waals surface area contributed by atoms with Crippen molar-refractivity contribution < 1.29 is 4.79 Å². The summed E-state index contributed by atoms with van der Waals surface area (Å²) >= 11 is 3.98. The highest BCUT2D eigenvalue weighted by molar-refractivity contribution is 8.17. The summed E-state index contributed by atoms with van der Waals surface area (Å²) in [4.78, 5) is 12.1. The van der Waals surface area contributed by atoms with Crippen LogP contribution in [0.1, 0.15) is 45.4 Å². The minimum atomic E-state index is 0.0783. The minimum absolute atomic E-state index is 0.0783. The maximum atomic E-state index is 12.1. The van der Waals surface area contributed by atoms with Crippen molar-refractivity contribution in [2.45, 2.75) is 49.5 Å². The lowest BCUT2D eigenvalue weighted by molar-refractivity contribution is -0.130. The van der Waals surface area contributed by atoms with Crippen LogP contribution in [0.4, 0.5) is 0 Å². The molecule has 2 rings (SSSR count). The Bertz CT molecular complexity index is 286. The molecule has 0 bridgehead atoms. The smallest absolute Gasteiger partial charge is 0.139 e. The van der Waals surface area contributed by atoms with Crippen LogP contribution in [0.2, 0.25) is 0 Å². The molecule has 1 nitrogen and oxygen atoms in total. The predicted molar refractivity (Wildman–Crippen MR) is 74.1 cm³/mol. The fourth-order valence-electron chi connectivity index (χ4n) is 3.62. The van der Waals surface area contributed by atoms with Crippen LogP contribution in [0.5, 0.6) is 0 Å². The third-order valence-electron chi connectivity index (χ3n) is 4.84. The lowest BCUT2D eigenvalue weighted by atomic mass is 9.65. The van der Waals surface area contributed by atoms with Crippen LogP contribution in [-0.2, 0) is 4.79 Å². The quantitative estimate of drug-likeness (QED) is 0.698. The largest absolute Gasteiger partial charge is 0.299 e. The maximum absolute atomic E-state index is 12.1. The van der Waals surface area contributed by atoms with E-state index in [9.17, 15) is 4.79 Å². The van der Waals surface area contributed by atoms with E-state index in [1.165, 1.54) is 12.8 Å². The normalized spacial score (nSPS) is 38.2. The first kappa shape index (κ1) is 12.8. The Labute approximate surface area is 108 Å². The molecular weight excluding hydrogens is 236 g/mol. The molecule has 2 fully saturated rings. The monoisotopic (exact) mass is 258 g/mol. The van der Waals surface area contributed by atoms with Crippen molar-refractivity contribution in [3.8, 4) is 0 Å². The van der Waals surface area contributed by atoms with E-state index >= 15 is 0 Å². The average Bonchev–Trinajstić information content (AvgIpc) is 2.66. The van der Waals surface area contributed by atoms with E-state index in [2.05, 4.69) is 19.4 Å². The van der Waals surface area contributed by atoms with Gasteiger partial charge in [0.15, 0.2) is 0 Å². The number of thioether (sulfide) groups is 2. The second-order valence-electron chi connectivity index (χ2n) is 5.36. The topological polar surface area (TPSA) is 17.1 Å². The Hall–Kier alpha value is 0.370. The Morgan fingerprint density at radius 3 is 2.31 bits per heavy atom. The van der Waals surface area contributed by atoms with E-state index in [0.29, 0.717) is 15.8 Å². The summed E-state index contributed by atoms with van der Waals surface area (Å²) in [6.07, 6.45) is 11.1. The Balaban J connectivity index is 2.16. The zero-order chi connectivity index (χ0) is 11.8. The second-order valence-corrected chi connectivity index (χ2v) is 7.99. The van der Waals surface area contributed by atoms with Gasteiger partial charge in [-0.3, -0.25) is 4.79 Å². The Morgan fingerprint density at radius 1 is 1.19 bits per heavy atom. The highest BCUT2D eigenvalue weighted by atomic mass is 32.2. The van der Waals surface area contributed by atoms with Crippen molar-refractivity contribution >= 4 is 29.3 Å². The van der Waals surface area contributed by atoms with Crippen LogP contribution in [0.15, 0.2) is 0 Å². The third-order valence-corrected chi connectivity index (χ3v) is 8.07. The number of ketones is 1. The number of carbonyl (C=O) groups is 1. The molecule has 0 aliphatic heterocycles. The van der Waals surface area contributed by atoms with Crippen LogP contribution < -0.4 is 0 Å². The van der Waals surface area contributed by atoms with Gasteiger partial charge in [-0.1, -0.05) is 6.92 Å². The van der Waals surface area contributed by atoms with Gasteiger partial charge in [0.05, 0.1) is 4.08 Å². The molecule has 1 unspecified atom stereocenters. The van der Waals surface area contributed by atoms with Gasteiger partial charge in [0.2, 0.25) is 0 Å². The molecule has 1 spiro atoms. The standard InChI is InChI=1S/C13H22OS2/c1-10-9-13(15-2,16-3)8-7-12(10)6-4-5-11(12)14/h10H,4-9H2,1-3H3/t10?,12-/m1/s1. The van der Waals surface area contributed by atoms with Crippen molar-refractivity contribution in [2.75, 3.05) is 12.5 Å². The third kappa shape index (κ3) is 1.84. The van der Waals surface area contributed by atoms with E-state index in [1.807, 2.05) is 23.5 Å². The number of rotatable bonds is 2. The number of carbonyl (C=O) groups excluding carboxylic acids is 1. The summed E-state index contributed by atoms with van der Waals surface area (Å²) in [6, 6.07) is 0. The van der Waals surface area contributed by atoms with Crippen molar-refractivity contribution in [3.05, 3.63) is 0 Å². The maximum Gasteiger partial charge on any atom is 0.139 e. The van der Waals surface area contributed by atoms with Crippen molar-refractivity contribution in [2.24, 2.45) is 11.3 Å². The molecule has 2 aliphatic carbocycles. The summed E-state index contributed by atoms with van der Waals surface area (Å²) in [7, 11) is 0. The zero-order valence-corrected chi connectivity index (χ0v) is 12.2. The van der Waals surface area contributed by atoms with Gasteiger partial charge in [-0.25, -0.2) is 0 Å². The average molecular weight is 258 g/mol. The first-order valence-corrected chi connectivity index (χ1v) is 8.67. The number of hydrogen-bond donors (Lipinski definition) is 0. The van der Waals surface area contributed by atoms with Gasteiger partial charge in [0, 0.05) is 11.8 Å². The number of Topliss-reactive ketones (excluding diaryl/α,β-unsaturated/α-hetero) is 1. The molecule has 0 N–H and O–H groups in total.